The van der Waals surface area contributed by atoms with Gasteiger partial charge in [0.1, 0.15) is 6.54 Å². The Morgan fingerprint density at radius 3 is 2.72 bits per heavy atom. The van der Waals surface area contributed by atoms with Crippen LogP contribution < -0.4 is 10.2 Å². The van der Waals surface area contributed by atoms with Crippen molar-refractivity contribution in [3.05, 3.63) is 65.7 Å². The first kappa shape index (κ1) is 17.9. The summed E-state index contributed by atoms with van der Waals surface area (Å²) in [6.45, 7) is 2.92. The molecule has 25 heavy (non-hydrogen) atoms. The maximum absolute atomic E-state index is 13.2. The minimum atomic E-state index is -0.888. The van der Waals surface area contributed by atoms with Crippen molar-refractivity contribution >= 4 is 17.7 Å². The molecule has 1 unspecified atom stereocenters. The smallest absolute Gasteiger partial charge is 0.230 e. The second kappa shape index (κ2) is 8.45. The van der Waals surface area contributed by atoms with Gasteiger partial charge in [-0.1, -0.05) is 30.3 Å². The summed E-state index contributed by atoms with van der Waals surface area (Å²) in [7, 11) is 0. The molecule has 0 bridgehead atoms. The fourth-order valence-electron chi connectivity index (χ4n) is 3.08. The number of amides is 1. The van der Waals surface area contributed by atoms with Crippen LogP contribution in [0.2, 0.25) is 0 Å². The molecular formula is C19H21F2N2OS+. The summed E-state index contributed by atoms with van der Waals surface area (Å²) in [6.07, 6.45) is 0.962. The van der Waals surface area contributed by atoms with Gasteiger partial charge in [-0.05, 0) is 18.2 Å². The maximum Gasteiger partial charge on any atom is 0.230 e. The number of thioether (sulfide) groups is 1. The Labute approximate surface area is 150 Å². The summed E-state index contributed by atoms with van der Waals surface area (Å²) in [6, 6.07) is 14.2. The van der Waals surface area contributed by atoms with Crippen molar-refractivity contribution in [3.63, 3.8) is 0 Å². The van der Waals surface area contributed by atoms with Gasteiger partial charge in [0.25, 0.3) is 0 Å². The quantitative estimate of drug-likeness (QED) is 0.770. The average molecular weight is 363 g/mol. The number of nitrogens with one attached hydrogen (secondary N) is 2. The lowest BCUT2D eigenvalue weighted by molar-refractivity contribution is -0.901. The van der Waals surface area contributed by atoms with Gasteiger partial charge in [0.15, 0.2) is 11.6 Å². The van der Waals surface area contributed by atoms with Crippen LogP contribution in [0, 0.1) is 11.6 Å². The number of carbonyl (C=O) groups is 1. The molecule has 2 aromatic carbocycles. The number of hydrogen-bond donors (Lipinski definition) is 2. The van der Waals surface area contributed by atoms with E-state index in [-0.39, 0.29) is 17.7 Å². The van der Waals surface area contributed by atoms with E-state index in [0.29, 0.717) is 4.90 Å². The van der Waals surface area contributed by atoms with Crippen LogP contribution in [0.4, 0.5) is 8.78 Å². The molecule has 1 aliphatic rings. The maximum atomic E-state index is 13.2. The van der Waals surface area contributed by atoms with Gasteiger partial charge in [0.2, 0.25) is 5.91 Å². The second-order valence-electron chi connectivity index (χ2n) is 6.28. The summed E-state index contributed by atoms with van der Waals surface area (Å²) < 4.78 is 26.1. The van der Waals surface area contributed by atoms with Gasteiger partial charge in [-0.3, -0.25) is 4.79 Å². The van der Waals surface area contributed by atoms with Crippen molar-refractivity contribution in [1.82, 2.24) is 5.32 Å². The van der Waals surface area contributed by atoms with Crippen LogP contribution in [0.15, 0.2) is 53.4 Å². The number of halogens is 2. The molecule has 3 nitrogen and oxygen atoms in total. The van der Waals surface area contributed by atoms with E-state index < -0.39 is 11.6 Å². The number of rotatable bonds is 6. The molecule has 1 heterocycles. The van der Waals surface area contributed by atoms with E-state index in [1.54, 1.807) is 0 Å². The highest BCUT2D eigenvalue weighted by Crippen LogP contribution is 2.20. The standard InChI is InChI=1S/C19H20F2N2OS/c20-17-7-6-16(10-18(17)21)25-13-19(24)22-15-8-9-23(12-15)11-14-4-2-1-3-5-14/h1-7,10,15H,8-9,11-13H2,(H,22,24)/p+1/t15-/m1/s1. The van der Waals surface area contributed by atoms with Crippen LogP contribution in [-0.4, -0.2) is 30.8 Å². The van der Waals surface area contributed by atoms with Crippen LogP contribution >= 0.6 is 11.8 Å². The van der Waals surface area contributed by atoms with Crippen molar-refractivity contribution in [2.45, 2.75) is 23.9 Å². The fraction of sp³-hybridized carbons (Fsp3) is 0.316. The topological polar surface area (TPSA) is 33.5 Å². The molecular weight excluding hydrogens is 342 g/mol. The van der Waals surface area contributed by atoms with Gasteiger partial charge >= 0.3 is 0 Å². The molecule has 3 rings (SSSR count). The molecule has 1 amide bonds. The monoisotopic (exact) mass is 363 g/mol. The van der Waals surface area contributed by atoms with Crippen molar-refractivity contribution in [2.24, 2.45) is 0 Å². The molecule has 2 atom stereocenters. The second-order valence-corrected chi connectivity index (χ2v) is 7.33. The number of quaternary nitrogens is 1. The Hall–Kier alpha value is -1.92. The van der Waals surface area contributed by atoms with Crippen LogP contribution in [0.25, 0.3) is 0 Å². The van der Waals surface area contributed by atoms with Crippen molar-refractivity contribution in [3.8, 4) is 0 Å². The normalized spacial score (nSPS) is 19.8. The lowest BCUT2D eigenvalue weighted by Crippen LogP contribution is -3.09. The van der Waals surface area contributed by atoms with E-state index in [1.165, 1.54) is 28.3 Å². The van der Waals surface area contributed by atoms with E-state index in [0.717, 1.165) is 38.2 Å². The largest absolute Gasteiger partial charge is 0.347 e. The highest BCUT2D eigenvalue weighted by Gasteiger charge is 2.27. The summed E-state index contributed by atoms with van der Waals surface area (Å²) in [5.74, 6) is -1.63. The van der Waals surface area contributed by atoms with Crippen LogP contribution in [0.3, 0.4) is 0 Å². The molecule has 6 heteroatoms. The number of likely N-dealkylation sites (tertiary alicyclic amines) is 1. The third-order valence-electron chi connectivity index (χ3n) is 4.30. The van der Waals surface area contributed by atoms with Gasteiger partial charge in [-0.2, -0.15) is 0 Å². The Balaban J connectivity index is 1.42. The Morgan fingerprint density at radius 1 is 1.16 bits per heavy atom. The number of benzene rings is 2. The Bertz CT molecular complexity index is 727. The average Bonchev–Trinajstić information content (AvgIpc) is 3.03. The molecule has 0 aliphatic carbocycles. The van der Waals surface area contributed by atoms with Crippen LogP contribution in [-0.2, 0) is 11.3 Å². The van der Waals surface area contributed by atoms with Gasteiger partial charge in [0.05, 0.1) is 24.9 Å². The van der Waals surface area contributed by atoms with Crippen LogP contribution in [0.1, 0.15) is 12.0 Å². The van der Waals surface area contributed by atoms with Gasteiger partial charge in [0, 0.05) is 16.9 Å². The third-order valence-corrected chi connectivity index (χ3v) is 5.30. The molecule has 0 saturated carbocycles. The Kier molecular flexibility index (Phi) is 6.04. The van der Waals surface area contributed by atoms with Crippen molar-refractivity contribution < 1.29 is 18.5 Å². The third kappa shape index (κ3) is 5.28. The van der Waals surface area contributed by atoms with Gasteiger partial charge < -0.3 is 10.2 Å². The summed E-state index contributed by atoms with van der Waals surface area (Å²) >= 11 is 1.21. The molecule has 1 saturated heterocycles. The van der Waals surface area contributed by atoms with Crippen molar-refractivity contribution in [2.75, 3.05) is 18.8 Å². The van der Waals surface area contributed by atoms with E-state index >= 15 is 0 Å². The molecule has 0 aromatic heterocycles. The molecule has 2 N–H and O–H groups in total. The predicted molar refractivity (Wildman–Crippen MR) is 94.5 cm³/mol. The van der Waals surface area contributed by atoms with E-state index in [1.807, 2.05) is 18.2 Å². The Morgan fingerprint density at radius 2 is 1.96 bits per heavy atom. The van der Waals surface area contributed by atoms with E-state index in [4.69, 9.17) is 0 Å². The molecule has 132 valence electrons. The van der Waals surface area contributed by atoms with Crippen molar-refractivity contribution in [1.29, 1.82) is 0 Å². The lowest BCUT2D eigenvalue weighted by Gasteiger charge is -2.14. The van der Waals surface area contributed by atoms with E-state index in [9.17, 15) is 13.6 Å². The van der Waals surface area contributed by atoms with Crippen LogP contribution in [0.5, 0.6) is 0 Å². The van der Waals surface area contributed by atoms with E-state index in [2.05, 4.69) is 17.4 Å². The zero-order chi connectivity index (χ0) is 17.6. The highest BCUT2D eigenvalue weighted by molar-refractivity contribution is 8.00. The first-order chi connectivity index (χ1) is 12.1. The van der Waals surface area contributed by atoms with Gasteiger partial charge in [-0.25, -0.2) is 8.78 Å². The molecule has 0 radical (unpaired) electrons. The zero-order valence-electron chi connectivity index (χ0n) is 13.8. The number of carbonyl (C=O) groups excluding carboxylic acids is 1. The zero-order valence-corrected chi connectivity index (χ0v) is 14.6. The molecule has 0 spiro atoms. The predicted octanol–water partition coefficient (Wildman–Crippen LogP) is 2.03. The first-order valence-corrected chi connectivity index (χ1v) is 9.33. The first-order valence-electron chi connectivity index (χ1n) is 8.35. The summed E-state index contributed by atoms with van der Waals surface area (Å²) in [5, 5.41) is 3.04. The fourth-order valence-corrected chi connectivity index (χ4v) is 3.82. The highest BCUT2D eigenvalue weighted by atomic mass is 32.2. The number of hydrogen-bond acceptors (Lipinski definition) is 2. The molecule has 1 fully saturated rings. The summed E-state index contributed by atoms with van der Waals surface area (Å²) in [4.78, 5) is 14.1. The minimum absolute atomic E-state index is 0.0688. The summed E-state index contributed by atoms with van der Waals surface area (Å²) in [5.41, 5.74) is 1.30. The van der Waals surface area contributed by atoms with Gasteiger partial charge in [-0.15, -0.1) is 11.8 Å². The molecule has 2 aromatic rings. The minimum Gasteiger partial charge on any atom is -0.347 e. The lowest BCUT2D eigenvalue weighted by atomic mass is 10.2. The molecule has 1 aliphatic heterocycles. The SMILES string of the molecule is O=C(CSc1ccc(F)c(F)c1)N[C@@H]1CC[NH+](Cc2ccccc2)C1.